The Morgan fingerprint density at radius 1 is 1.06 bits per heavy atom. The molecule has 0 fully saturated rings. The summed E-state index contributed by atoms with van der Waals surface area (Å²) in [5.41, 5.74) is 3.06. The lowest BCUT2D eigenvalue weighted by Gasteiger charge is -2.13. The second-order valence-corrected chi connectivity index (χ2v) is 8.75. The van der Waals surface area contributed by atoms with Crippen molar-refractivity contribution in [1.29, 1.82) is 0 Å². The van der Waals surface area contributed by atoms with Crippen molar-refractivity contribution in [3.8, 4) is 22.6 Å². The van der Waals surface area contributed by atoms with E-state index in [-0.39, 0.29) is 9.92 Å². The van der Waals surface area contributed by atoms with E-state index in [1.165, 1.54) is 19.2 Å². The van der Waals surface area contributed by atoms with Crippen LogP contribution in [0.1, 0.15) is 18.1 Å². The molecule has 33 heavy (non-hydrogen) atoms. The molecule has 0 unspecified atom stereocenters. The number of hydrogen-bond acceptors (Lipinski definition) is 6. The van der Waals surface area contributed by atoms with Crippen LogP contribution < -0.4 is 9.47 Å². The minimum Gasteiger partial charge on any atom is -0.497 e. The second kappa shape index (κ2) is 11.2. The summed E-state index contributed by atoms with van der Waals surface area (Å²) < 4.78 is 43.9. The Balaban J connectivity index is 1.75. The zero-order valence-electron chi connectivity index (χ0n) is 18.2. The first-order valence-corrected chi connectivity index (χ1v) is 12.0. The number of ether oxygens (including phenoxy) is 2. The van der Waals surface area contributed by atoms with Crippen LogP contribution in [0.3, 0.4) is 0 Å². The molecule has 3 aromatic rings. The quantitative estimate of drug-likeness (QED) is 0.237. The SMILES string of the molecule is CCON=Cc1ccc(CCOc2cc(OC)cc(-c3cccc(S(=O)(=O)O)c3Cl)c2)cc1. The Labute approximate surface area is 198 Å². The van der Waals surface area contributed by atoms with Crippen LogP contribution in [0.25, 0.3) is 11.1 Å². The highest BCUT2D eigenvalue weighted by atomic mass is 35.5. The fourth-order valence-electron chi connectivity index (χ4n) is 3.09. The molecule has 0 atom stereocenters. The van der Waals surface area contributed by atoms with Crippen molar-refractivity contribution in [1.82, 2.24) is 0 Å². The number of halogens is 1. The Kier molecular flexibility index (Phi) is 8.32. The third-order valence-electron chi connectivity index (χ3n) is 4.71. The summed E-state index contributed by atoms with van der Waals surface area (Å²) in [4.78, 5) is 4.60. The predicted molar refractivity (Wildman–Crippen MR) is 128 cm³/mol. The third kappa shape index (κ3) is 6.71. The first-order chi connectivity index (χ1) is 15.8. The van der Waals surface area contributed by atoms with Gasteiger partial charge in [-0.1, -0.05) is 53.2 Å². The van der Waals surface area contributed by atoms with Crippen LogP contribution in [-0.4, -0.2) is 39.5 Å². The van der Waals surface area contributed by atoms with Crippen molar-refractivity contribution in [3.63, 3.8) is 0 Å². The molecule has 0 heterocycles. The van der Waals surface area contributed by atoms with E-state index in [0.717, 1.165) is 11.1 Å². The van der Waals surface area contributed by atoms with Crippen molar-refractivity contribution in [3.05, 3.63) is 76.8 Å². The molecule has 0 aromatic heterocycles. The molecular formula is C24H24ClNO6S. The van der Waals surface area contributed by atoms with Gasteiger partial charge in [-0.25, -0.2) is 0 Å². The molecule has 0 spiro atoms. The largest absolute Gasteiger partial charge is 0.497 e. The lowest BCUT2D eigenvalue weighted by Crippen LogP contribution is -2.02. The normalized spacial score (nSPS) is 11.5. The molecule has 3 aromatic carbocycles. The van der Waals surface area contributed by atoms with Gasteiger partial charge in [-0.15, -0.1) is 0 Å². The van der Waals surface area contributed by atoms with E-state index in [1.54, 1.807) is 30.5 Å². The zero-order chi connectivity index (χ0) is 23.8. The van der Waals surface area contributed by atoms with Gasteiger partial charge in [0.1, 0.15) is 23.0 Å². The van der Waals surface area contributed by atoms with Crippen molar-refractivity contribution >= 4 is 27.9 Å². The van der Waals surface area contributed by atoms with Gasteiger partial charge in [0, 0.05) is 18.1 Å². The lowest BCUT2D eigenvalue weighted by molar-refractivity contribution is 0.160. The van der Waals surface area contributed by atoms with E-state index >= 15 is 0 Å². The molecule has 9 heteroatoms. The maximum Gasteiger partial charge on any atom is 0.296 e. The smallest absolute Gasteiger partial charge is 0.296 e. The van der Waals surface area contributed by atoms with Gasteiger partial charge in [0.2, 0.25) is 0 Å². The average molecular weight is 490 g/mol. The standard InChI is InChI=1S/C24H24ClNO6S/c1-3-32-26-16-18-9-7-17(8-10-18)11-12-31-21-14-19(13-20(15-21)30-2)22-5-4-6-23(24(22)25)33(27,28)29/h4-10,13-16H,3,11-12H2,1-2H3,(H,27,28,29). The van der Waals surface area contributed by atoms with Gasteiger partial charge in [0.15, 0.2) is 0 Å². The van der Waals surface area contributed by atoms with E-state index in [4.69, 9.17) is 25.9 Å². The number of nitrogens with zero attached hydrogens (tertiary/aromatic N) is 1. The summed E-state index contributed by atoms with van der Waals surface area (Å²) in [7, 11) is -2.93. The van der Waals surface area contributed by atoms with Gasteiger partial charge in [-0.2, -0.15) is 8.42 Å². The fourth-order valence-corrected chi connectivity index (χ4v) is 4.21. The topological polar surface area (TPSA) is 94.4 Å². The van der Waals surface area contributed by atoms with Crippen LogP contribution in [-0.2, 0) is 21.4 Å². The molecule has 0 aliphatic rings. The summed E-state index contributed by atoms with van der Waals surface area (Å²) in [5, 5.41) is 3.77. The monoisotopic (exact) mass is 489 g/mol. The van der Waals surface area contributed by atoms with Gasteiger partial charge >= 0.3 is 0 Å². The molecule has 7 nitrogen and oxygen atoms in total. The maximum atomic E-state index is 11.6. The molecule has 1 N–H and O–H groups in total. The van der Waals surface area contributed by atoms with Gasteiger partial charge in [0.05, 0.1) is 25.0 Å². The Bertz CT molecular complexity index is 1230. The molecule has 3 rings (SSSR count). The molecule has 0 saturated carbocycles. The van der Waals surface area contributed by atoms with Gasteiger partial charge in [-0.3, -0.25) is 4.55 Å². The van der Waals surface area contributed by atoms with Gasteiger partial charge in [-0.05, 0) is 41.8 Å². The first kappa shape index (κ1) is 24.6. The summed E-state index contributed by atoms with van der Waals surface area (Å²) in [6, 6.07) is 17.5. The highest BCUT2D eigenvalue weighted by molar-refractivity contribution is 7.86. The molecule has 0 amide bonds. The van der Waals surface area contributed by atoms with Crippen molar-refractivity contribution in [2.24, 2.45) is 5.16 Å². The summed E-state index contributed by atoms with van der Waals surface area (Å²) in [5.74, 6) is 1.06. The van der Waals surface area contributed by atoms with Crippen LogP contribution in [0.5, 0.6) is 11.5 Å². The average Bonchev–Trinajstić information content (AvgIpc) is 2.79. The Hall–Kier alpha value is -3.07. The fraction of sp³-hybridized carbons (Fsp3) is 0.208. The third-order valence-corrected chi connectivity index (χ3v) is 6.13. The number of oxime groups is 1. The summed E-state index contributed by atoms with van der Waals surface area (Å²) in [6.45, 7) is 2.81. The Morgan fingerprint density at radius 3 is 2.45 bits per heavy atom. The van der Waals surface area contributed by atoms with Crippen LogP contribution in [0.2, 0.25) is 5.02 Å². The lowest BCUT2D eigenvalue weighted by atomic mass is 10.0. The van der Waals surface area contributed by atoms with Crippen LogP contribution >= 0.6 is 11.6 Å². The first-order valence-electron chi connectivity index (χ1n) is 10.1. The molecule has 174 valence electrons. The van der Waals surface area contributed by atoms with Crippen molar-refractivity contribution < 1.29 is 27.3 Å². The molecule has 0 bridgehead atoms. The molecule has 0 saturated heterocycles. The maximum absolute atomic E-state index is 11.6. The number of hydrogen-bond donors (Lipinski definition) is 1. The zero-order valence-corrected chi connectivity index (χ0v) is 19.8. The van der Waals surface area contributed by atoms with Crippen LogP contribution in [0.4, 0.5) is 0 Å². The highest BCUT2D eigenvalue weighted by Crippen LogP contribution is 2.36. The molecule has 0 radical (unpaired) electrons. The van der Waals surface area contributed by atoms with Gasteiger partial charge in [0.25, 0.3) is 10.1 Å². The molecule has 0 aliphatic carbocycles. The number of methoxy groups -OCH3 is 1. The van der Waals surface area contributed by atoms with Gasteiger partial charge < -0.3 is 14.3 Å². The number of rotatable bonds is 10. The van der Waals surface area contributed by atoms with Crippen LogP contribution in [0.15, 0.2) is 70.7 Å². The Morgan fingerprint density at radius 2 is 1.79 bits per heavy atom. The summed E-state index contributed by atoms with van der Waals surface area (Å²) >= 11 is 6.28. The minimum absolute atomic E-state index is 0.0767. The van der Waals surface area contributed by atoms with Crippen LogP contribution in [0, 0.1) is 0 Å². The molecule has 0 aliphatic heterocycles. The van der Waals surface area contributed by atoms with Crippen molar-refractivity contribution in [2.75, 3.05) is 20.3 Å². The predicted octanol–water partition coefficient (Wildman–Crippen LogP) is 5.25. The molecular weight excluding hydrogens is 466 g/mol. The second-order valence-electron chi connectivity index (χ2n) is 6.98. The van der Waals surface area contributed by atoms with E-state index in [9.17, 15) is 13.0 Å². The number of benzene rings is 3. The van der Waals surface area contributed by atoms with E-state index in [2.05, 4.69) is 5.16 Å². The van der Waals surface area contributed by atoms with E-state index in [1.807, 2.05) is 31.2 Å². The van der Waals surface area contributed by atoms with E-state index in [0.29, 0.717) is 42.3 Å². The summed E-state index contributed by atoms with van der Waals surface area (Å²) in [6.07, 6.45) is 2.33. The minimum atomic E-state index is -4.45. The van der Waals surface area contributed by atoms with E-state index < -0.39 is 10.1 Å². The highest BCUT2D eigenvalue weighted by Gasteiger charge is 2.18. The van der Waals surface area contributed by atoms with Crippen molar-refractivity contribution in [2.45, 2.75) is 18.2 Å².